The highest BCUT2D eigenvalue weighted by molar-refractivity contribution is 5.68. The predicted octanol–water partition coefficient (Wildman–Crippen LogP) is 6.39. The summed E-state index contributed by atoms with van der Waals surface area (Å²) < 4.78 is 19.1. The van der Waals surface area contributed by atoms with Crippen molar-refractivity contribution < 1.29 is 28.9 Å². The standard InChI is InChI=1S/C36H58N2O6/c1-20(2)27(44-31(41)38-16-9-17-38)22-18-21(3)26-28(42-22)29(39)34(7)24-11-10-23-32(4,5)25(43-30(40)37-8)12-13-35(23)19-36(24,35)15-14-33(26,34)6/h20-29,39H,9-19H2,1-8H3,(H,37,40)/t21-,22?,23+,24?,25?,26+,27-,28?,29+,33-,34-,35-,36+/m1/s1. The first-order valence-electron chi connectivity index (χ1n) is 17.9. The molecule has 5 aliphatic carbocycles. The molecule has 7 aliphatic rings. The fourth-order valence-corrected chi connectivity index (χ4v) is 13.3. The SMILES string of the molecule is CNC(=O)OC1CC[C@]23C[C@]24CC[C@]2(C)[C@@H]5C(OC([C@H](OC(=O)N6CCC6)C(C)C)C[C@H]5C)[C@H](O)[C@@]2(C)C4CC[C@H]3C1(C)C. The topological polar surface area (TPSA) is 97.3 Å². The molecule has 8 heteroatoms. The number of likely N-dealkylation sites (tertiary alicyclic amines) is 1. The first-order valence-corrected chi connectivity index (χ1v) is 17.9. The number of alkyl carbamates (subject to hydrolysis) is 1. The summed E-state index contributed by atoms with van der Waals surface area (Å²) in [6.07, 6.45) is 7.88. The summed E-state index contributed by atoms with van der Waals surface area (Å²) in [4.78, 5) is 26.9. The Kier molecular flexibility index (Phi) is 7.05. The third-order valence-corrected chi connectivity index (χ3v) is 15.6. The van der Waals surface area contributed by atoms with Crippen LogP contribution >= 0.6 is 0 Å². The van der Waals surface area contributed by atoms with Crippen LogP contribution in [0.5, 0.6) is 0 Å². The first kappa shape index (κ1) is 31.1. The van der Waals surface area contributed by atoms with Crippen LogP contribution in [0, 0.1) is 56.7 Å². The lowest BCUT2D eigenvalue weighted by molar-refractivity contribution is -0.185. The number of hydrogen-bond acceptors (Lipinski definition) is 6. The zero-order valence-corrected chi connectivity index (χ0v) is 28.5. The number of carbonyl (C=O) groups excluding carboxylic acids is 2. The van der Waals surface area contributed by atoms with Gasteiger partial charge in [-0.3, -0.25) is 0 Å². The van der Waals surface area contributed by atoms with Gasteiger partial charge in [0.1, 0.15) is 12.2 Å². The predicted molar refractivity (Wildman–Crippen MR) is 167 cm³/mol. The molecule has 2 aliphatic heterocycles. The second-order valence-electron chi connectivity index (χ2n) is 17.6. The van der Waals surface area contributed by atoms with Gasteiger partial charge in [0.15, 0.2) is 0 Å². The zero-order chi connectivity index (χ0) is 31.6. The summed E-state index contributed by atoms with van der Waals surface area (Å²) >= 11 is 0. The van der Waals surface area contributed by atoms with Crippen molar-refractivity contribution in [3.05, 3.63) is 0 Å². The quantitative estimate of drug-likeness (QED) is 0.381. The van der Waals surface area contributed by atoms with Crippen LogP contribution in [-0.4, -0.2) is 72.8 Å². The molecule has 2 spiro atoms. The van der Waals surface area contributed by atoms with Gasteiger partial charge < -0.3 is 29.5 Å². The number of amides is 2. The molecule has 2 heterocycles. The van der Waals surface area contributed by atoms with E-state index >= 15 is 0 Å². The largest absolute Gasteiger partial charge is 0.446 e. The molecule has 44 heavy (non-hydrogen) atoms. The van der Waals surface area contributed by atoms with Crippen LogP contribution in [0.25, 0.3) is 0 Å². The van der Waals surface area contributed by atoms with Crippen molar-refractivity contribution in [2.45, 2.75) is 137 Å². The minimum absolute atomic E-state index is 0.00924. The zero-order valence-electron chi connectivity index (χ0n) is 28.5. The van der Waals surface area contributed by atoms with Gasteiger partial charge in [-0.15, -0.1) is 0 Å². The summed E-state index contributed by atoms with van der Waals surface area (Å²) in [5.74, 6) is 1.78. The Morgan fingerprint density at radius 1 is 1.00 bits per heavy atom. The number of nitrogens with one attached hydrogen (secondary N) is 1. The van der Waals surface area contributed by atoms with Crippen LogP contribution in [0.3, 0.4) is 0 Å². The van der Waals surface area contributed by atoms with Crippen molar-refractivity contribution in [1.82, 2.24) is 10.2 Å². The van der Waals surface area contributed by atoms with Crippen molar-refractivity contribution in [2.75, 3.05) is 20.1 Å². The summed E-state index contributed by atoms with van der Waals surface area (Å²) in [5, 5.41) is 15.2. The summed E-state index contributed by atoms with van der Waals surface area (Å²) in [6.45, 7) is 17.7. The first-order chi connectivity index (χ1) is 20.7. The van der Waals surface area contributed by atoms with E-state index in [1.54, 1.807) is 11.9 Å². The summed E-state index contributed by atoms with van der Waals surface area (Å²) in [5.41, 5.74) is 0.212. The molecule has 7 fully saturated rings. The van der Waals surface area contributed by atoms with E-state index in [9.17, 15) is 14.7 Å². The molecule has 0 radical (unpaired) electrons. The normalized spacial score (nSPS) is 50.5. The van der Waals surface area contributed by atoms with E-state index < -0.39 is 6.10 Å². The molecule has 0 bridgehead atoms. The van der Waals surface area contributed by atoms with Gasteiger partial charge in [-0.1, -0.05) is 48.5 Å². The minimum Gasteiger partial charge on any atom is -0.446 e. The van der Waals surface area contributed by atoms with Crippen LogP contribution in [-0.2, 0) is 14.2 Å². The van der Waals surface area contributed by atoms with Crippen LogP contribution in [0.1, 0.15) is 106 Å². The van der Waals surface area contributed by atoms with E-state index in [4.69, 9.17) is 14.2 Å². The maximum Gasteiger partial charge on any atom is 0.410 e. The van der Waals surface area contributed by atoms with Gasteiger partial charge >= 0.3 is 12.2 Å². The second-order valence-corrected chi connectivity index (χ2v) is 17.6. The van der Waals surface area contributed by atoms with Gasteiger partial charge in [-0.05, 0) is 104 Å². The molecule has 2 amide bonds. The Bertz CT molecular complexity index is 1190. The Morgan fingerprint density at radius 3 is 2.32 bits per heavy atom. The van der Waals surface area contributed by atoms with Gasteiger partial charge in [0.25, 0.3) is 0 Å². The number of ether oxygens (including phenoxy) is 3. The number of hydrogen-bond donors (Lipinski definition) is 2. The van der Waals surface area contributed by atoms with Crippen molar-refractivity contribution in [1.29, 1.82) is 0 Å². The number of fused-ring (bicyclic) bond motifs is 4. The van der Waals surface area contributed by atoms with Gasteiger partial charge in [-0.2, -0.15) is 0 Å². The number of nitrogens with zero attached hydrogens (tertiary/aromatic N) is 1. The van der Waals surface area contributed by atoms with E-state index in [-0.39, 0.29) is 75.5 Å². The fourth-order valence-electron chi connectivity index (χ4n) is 13.3. The van der Waals surface area contributed by atoms with Gasteiger partial charge in [0.2, 0.25) is 0 Å². The van der Waals surface area contributed by atoms with E-state index in [0.29, 0.717) is 17.8 Å². The van der Waals surface area contributed by atoms with E-state index in [1.807, 2.05) is 0 Å². The molecule has 13 atom stereocenters. The Hall–Kier alpha value is -1.54. The highest BCUT2D eigenvalue weighted by Gasteiger charge is 2.84. The minimum atomic E-state index is -0.543. The highest BCUT2D eigenvalue weighted by atomic mass is 16.6. The molecule has 4 unspecified atom stereocenters. The summed E-state index contributed by atoms with van der Waals surface area (Å²) in [7, 11) is 1.64. The molecule has 8 nitrogen and oxygen atoms in total. The fraction of sp³-hybridized carbons (Fsp3) is 0.944. The number of aliphatic hydroxyl groups is 1. The molecule has 0 aromatic heterocycles. The number of rotatable bonds is 4. The molecule has 7 rings (SSSR count). The third kappa shape index (κ3) is 3.82. The molecule has 2 N–H and O–H groups in total. The maximum absolute atomic E-state index is 12.9. The summed E-state index contributed by atoms with van der Waals surface area (Å²) in [6, 6.07) is 0. The monoisotopic (exact) mass is 614 g/mol. The van der Waals surface area contributed by atoms with Crippen molar-refractivity contribution in [3.63, 3.8) is 0 Å². The molecule has 2 saturated heterocycles. The molecular weight excluding hydrogens is 556 g/mol. The Balaban J connectivity index is 1.15. The highest BCUT2D eigenvalue weighted by Crippen LogP contribution is 2.89. The Morgan fingerprint density at radius 2 is 1.68 bits per heavy atom. The number of carbonyl (C=O) groups is 2. The lowest BCUT2D eigenvalue weighted by Crippen LogP contribution is -2.60. The smallest absolute Gasteiger partial charge is 0.410 e. The van der Waals surface area contributed by atoms with Crippen LogP contribution in [0.15, 0.2) is 0 Å². The second kappa shape index (κ2) is 9.98. The van der Waals surface area contributed by atoms with Crippen LogP contribution in [0.4, 0.5) is 9.59 Å². The van der Waals surface area contributed by atoms with E-state index in [0.717, 1.165) is 58.0 Å². The van der Waals surface area contributed by atoms with Gasteiger partial charge in [0, 0.05) is 31.0 Å². The molecule has 5 saturated carbocycles. The average Bonchev–Trinajstić information content (AvgIpc) is 3.56. The lowest BCUT2D eigenvalue weighted by Gasteiger charge is -2.63. The van der Waals surface area contributed by atoms with Crippen LogP contribution < -0.4 is 5.32 Å². The van der Waals surface area contributed by atoms with E-state index in [1.165, 1.54) is 12.8 Å². The molecule has 0 aromatic carbocycles. The molecular formula is C36H58N2O6. The molecule has 248 valence electrons. The van der Waals surface area contributed by atoms with Gasteiger partial charge in [0.05, 0.1) is 18.3 Å². The van der Waals surface area contributed by atoms with Crippen molar-refractivity contribution in [3.8, 4) is 0 Å². The van der Waals surface area contributed by atoms with Crippen molar-refractivity contribution >= 4 is 12.2 Å². The third-order valence-electron chi connectivity index (χ3n) is 15.6. The van der Waals surface area contributed by atoms with Crippen molar-refractivity contribution in [2.24, 2.45) is 56.7 Å². The Labute approximate surface area is 264 Å². The maximum atomic E-state index is 12.9. The lowest BCUT2D eigenvalue weighted by atomic mass is 9.41. The van der Waals surface area contributed by atoms with Gasteiger partial charge in [-0.25, -0.2) is 9.59 Å². The molecule has 0 aromatic rings. The van der Waals surface area contributed by atoms with E-state index in [2.05, 4.69) is 53.8 Å². The average molecular weight is 615 g/mol. The number of aliphatic hydroxyl groups excluding tert-OH is 1. The van der Waals surface area contributed by atoms with Crippen LogP contribution in [0.2, 0.25) is 0 Å².